The Morgan fingerprint density at radius 3 is 2.69 bits per heavy atom. The van der Waals surface area contributed by atoms with Crippen molar-refractivity contribution in [1.82, 2.24) is 5.32 Å². The fourth-order valence-electron chi connectivity index (χ4n) is 1.18. The summed E-state index contributed by atoms with van der Waals surface area (Å²) in [5.74, 6) is 0.656. The second-order valence-corrected chi connectivity index (χ2v) is 5.43. The minimum Gasteiger partial charge on any atom is -0.391 e. The van der Waals surface area contributed by atoms with Crippen LogP contribution in [-0.4, -0.2) is 29.5 Å². The first-order chi connectivity index (χ1) is 7.59. The topological polar surface area (TPSA) is 32.3 Å². The number of thioether (sulfide) groups is 1. The molecule has 0 radical (unpaired) electrons. The van der Waals surface area contributed by atoms with Crippen LogP contribution >= 0.6 is 23.4 Å². The van der Waals surface area contributed by atoms with E-state index in [0.29, 0.717) is 18.3 Å². The van der Waals surface area contributed by atoms with E-state index in [9.17, 15) is 5.11 Å². The van der Waals surface area contributed by atoms with Gasteiger partial charge in [0.1, 0.15) is 0 Å². The van der Waals surface area contributed by atoms with Crippen molar-refractivity contribution >= 4 is 23.4 Å². The number of nitrogens with one attached hydrogen (secondary N) is 1. The molecule has 0 aliphatic carbocycles. The van der Waals surface area contributed by atoms with Crippen LogP contribution in [0.3, 0.4) is 0 Å². The van der Waals surface area contributed by atoms with Crippen molar-refractivity contribution in [2.24, 2.45) is 0 Å². The molecule has 0 saturated carbocycles. The molecule has 0 aliphatic rings. The maximum Gasteiger partial charge on any atom is 0.0758 e. The summed E-state index contributed by atoms with van der Waals surface area (Å²) < 4.78 is 0. The summed E-state index contributed by atoms with van der Waals surface area (Å²) >= 11 is 7.60. The van der Waals surface area contributed by atoms with Gasteiger partial charge in [0, 0.05) is 23.2 Å². The molecule has 2 nitrogen and oxygen atoms in total. The van der Waals surface area contributed by atoms with E-state index in [4.69, 9.17) is 11.6 Å². The predicted octanol–water partition coefficient (Wildman–Crippen LogP) is 2.79. The first-order valence-electron chi connectivity index (χ1n) is 5.38. The van der Waals surface area contributed by atoms with Crippen LogP contribution in [0, 0.1) is 0 Å². The Morgan fingerprint density at radius 1 is 1.38 bits per heavy atom. The van der Waals surface area contributed by atoms with Gasteiger partial charge in [-0.15, -0.1) is 11.8 Å². The molecule has 0 spiro atoms. The molecule has 0 fully saturated rings. The van der Waals surface area contributed by atoms with E-state index in [0.717, 1.165) is 9.92 Å². The van der Waals surface area contributed by atoms with Gasteiger partial charge in [-0.25, -0.2) is 0 Å². The molecule has 0 heterocycles. The fraction of sp³-hybridized carbons (Fsp3) is 0.500. The summed E-state index contributed by atoms with van der Waals surface area (Å²) in [4.78, 5) is 1.02. The largest absolute Gasteiger partial charge is 0.391 e. The third-order valence-electron chi connectivity index (χ3n) is 2.03. The van der Waals surface area contributed by atoms with Gasteiger partial charge in [0.25, 0.3) is 0 Å². The number of benzene rings is 1. The van der Waals surface area contributed by atoms with Crippen molar-refractivity contribution in [3.63, 3.8) is 0 Å². The lowest BCUT2D eigenvalue weighted by molar-refractivity contribution is 0.192. The van der Waals surface area contributed by atoms with Crippen LogP contribution in [0.4, 0.5) is 0 Å². The smallest absolute Gasteiger partial charge is 0.0758 e. The maximum atomic E-state index is 9.72. The first kappa shape index (κ1) is 13.8. The molecule has 0 amide bonds. The standard InChI is InChI=1S/C12H18ClNOS/c1-9(2)14-7-10(15)8-16-12-6-4-3-5-11(12)13/h3-6,9-10,14-15H,7-8H2,1-2H3. The lowest BCUT2D eigenvalue weighted by atomic mass is 10.3. The summed E-state index contributed by atoms with van der Waals surface area (Å²) in [5.41, 5.74) is 0. The van der Waals surface area contributed by atoms with E-state index in [2.05, 4.69) is 19.2 Å². The summed E-state index contributed by atoms with van der Waals surface area (Å²) in [5, 5.41) is 13.7. The molecular weight excluding hydrogens is 242 g/mol. The minimum atomic E-state index is -0.344. The SMILES string of the molecule is CC(C)NCC(O)CSc1ccccc1Cl. The van der Waals surface area contributed by atoms with Crippen LogP contribution in [0.5, 0.6) is 0 Å². The van der Waals surface area contributed by atoms with Gasteiger partial charge in [-0.3, -0.25) is 0 Å². The van der Waals surface area contributed by atoms with Gasteiger partial charge in [0.05, 0.1) is 11.1 Å². The van der Waals surface area contributed by atoms with Crippen LogP contribution in [0.1, 0.15) is 13.8 Å². The van der Waals surface area contributed by atoms with Gasteiger partial charge in [-0.1, -0.05) is 37.6 Å². The van der Waals surface area contributed by atoms with Crippen molar-refractivity contribution in [2.45, 2.75) is 30.9 Å². The zero-order valence-corrected chi connectivity index (χ0v) is 11.2. The Kier molecular flexibility index (Phi) is 6.21. The number of hydrogen-bond donors (Lipinski definition) is 2. The number of rotatable bonds is 6. The monoisotopic (exact) mass is 259 g/mol. The molecule has 90 valence electrons. The van der Waals surface area contributed by atoms with Crippen LogP contribution in [0.2, 0.25) is 5.02 Å². The summed E-state index contributed by atoms with van der Waals surface area (Å²) in [6, 6.07) is 8.09. The Hall–Kier alpha value is -0.220. The Labute approximate surface area is 106 Å². The van der Waals surface area contributed by atoms with Gasteiger partial charge in [0.15, 0.2) is 0 Å². The van der Waals surface area contributed by atoms with Crippen molar-refractivity contribution in [1.29, 1.82) is 0 Å². The van der Waals surface area contributed by atoms with Crippen LogP contribution < -0.4 is 5.32 Å². The highest BCUT2D eigenvalue weighted by atomic mass is 35.5. The molecule has 0 bridgehead atoms. The van der Waals surface area contributed by atoms with Gasteiger partial charge in [-0.05, 0) is 12.1 Å². The number of halogens is 1. The quantitative estimate of drug-likeness (QED) is 0.771. The molecule has 1 unspecified atom stereocenters. The molecule has 0 saturated heterocycles. The molecule has 1 aromatic carbocycles. The van der Waals surface area contributed by atoms with Crippen molar-refractivity contribution < 1.29 is 5.11 Å². The van der Waals surface area contributed by atoms with Crippen LogP contribution in [0.25, 0.3) is 0 Å². The minimum absolute atomic E-state index is 0.344. The summed E-state index contributed by atoms with van der Waals surface area (Å²) in [6.07, 6.45) is -0.344. The lowest BCUT2D eigenvalue weighted by Gasteiger charge is -2.13. The molecule has 2 N–H and O–H groups in total. The lowest BCUT2D eigenvalue weighted by Crippen LogP contribution is -2.33. The second-order valence-electron chi connectivity index (χ2n) is 3.96. The molecular formula is C12H18ClNOS. The normalized spacial score (nSPS) is 13.1. The zero-order valence-electron chi connectivity index (χ0n) is 9.61. The van der Waals surface area contributed by atoms with Crippen LogP contribution in [0.15, 0.2) is 29.2 Å². The predicted molar refractivity (Wildman–Crippen MR) is 71.3 cm³/mol. The first-order valence-corrected chi connectivity index (χ1v) is 6.74. The van der Waals surface area contributed by atoms with Crippen molar-refractivity contribution in [2.75, 3.05) is 12.3 Å². The van der Waals surface area contributed by atoms with Crippen molar-refractivity contribution in [3.05, 3.63) is 29.3 Å². The zero-order chi connectivity index (χ0) is 12.0. The van der Waals surface area contributed by atoms with Gasteiger partial charge in [-0.2, -0.15) is 0 Å². The number of aliphatic hydroxyl groups excluding tert-OH is 1. The third-order valence-corrected chi connectivity index (χ3v) is 3.69. The second kappa shape index (κ2) is 7.17. The van der Waals surface area contributed by atoms with Crippen molar-refractivity contribution in [3.8, 4) is 0 Å². The van der Waals surface area contributed by atoms with Gasteiger partial charge >= 0.3 is 0 Å². The average Bonchev–Trinajstić information content (AvgIpc) is 2.25. The van der Waals surface area contributed by atoms with Crippen LogP contribution in [-0.2, 0) is 0 Å². The Bertz CT molecular complexity index is 320. The van der Waals surface area contributed by atoms with E-state index < -0.39 is 0 Å². The molecule has 0 aliphatic heterocycles. The van der Waals surface area contributed by atoms with Gasteiger partial charge in [0.2, 0.25) is 0 Å². The van der Waals surface area contributed by atoms with E-state index in [-0.39, 0.29) is 6.10 Å². The maximum absolute atomic E-state index is 9.72. The van der Waals surface area contributed by atoms with E-state index in [1.165, 1.54) is 0 Å². The van der Waals surface area contributed by atoms with E-state index in [1.54, 1.807) is 11.8 Å². The molecule has 1 rings (SSSR count). The number of aliphatic hydroxyl groups is 1. The fourth-order valence-corrected chi connectivity index (χ4v) is 2.35. The molecule has 4 heteroatoms. The Morgan fingerprint density at radius 2 is 2.06 bits per heavy atom. The molecule has 1 atom stereocenters. The highest BCUT2D eigenvalue weighted by Crippen LogP contribution is 2.26. The molecule has 0 aromatic heterocycles. The summed E-state index contributed by atoms with van der Waals surface area (Å²) in [7, 11) is 0. The van der Waals surface area contributed by atoms with E-state index in [1.807, 2.05) is 24.3 Å². The molecule has 16 heavy (non-hydrogen) atoms. The third kappa shape index (κ3) is 5.21. The number of hydrogen-bond acceptors (Lipinski definition) is 3. The summed E-state index contributed by atoms with van der Waals surface area (Å²) in [6.45, 7) is 4.75. The molecule has 1 aromatic rings. The van der Waals surface area contributed by atoms with E-state index >= 15 is 0 Å². The highest BCUT2D eigenvalue weighted by molar-refractivity contribution is 7.99. The highest BCUT2D eigenvalue weighted by Gasteiger charge is 2.07. The van der Waals surface area contributed by atoms with Gasteiger partial charge < -0.3 is 10.4 Å². The average molecular weight is 260 g/mol. The Balaban J connectivity index is 2.31.